The highest BCUT2D eigenvalue weighted by Crippen LogP contribution is 2.57. The first-order valence-corrected chi connectivity index (χ1v) is 5.48. The quantitative estimate of drug-likeness (QED) is 0.808. The van der Waals surface area contributed by atoms with Crippen LogP contribution in [0.15, 0.2) is 0 Å². The van der Waals surface area contributed by atoms with Gasteiger partial charge in [0.25, 0.3) is 0 Å². The monoisotopic (exact) mass is 224 g/mol. The number of hydrogen-bond donors (Lipinski definition) is 1. The minimum absolute atomic E-state index is 0.160. The van der Waals surface area contributed by atoms with Gasteiger partial charge in [0.05, 0.1) is 0 Å². The van der Waals surface area contributed by atoms with E-state index >= 15 is 0 Å². The molecular formula is C10H16N4O2. The number of carboxylic acids is 1. The molecule has 1 aliphatic rings. The molecule has 88 valence electrons. The third-order valence-corrected chi connectivity index (χ3v) is 3.15. The maximum Gasteiger partial charge on any atom is 0.303 e. The number of carbonyl (C=O) groups is 1. The van der Waals surface area contributed by atoms with Crippen LogP contribution in [-0.4, -0.2) is 31.3 Å². The first-order valence-electron chi connectivity index (χ1n) is 5.48. The van der Waals surface area contributed by atoms with Gasteiger partial charge in [0.15, 0.2) is 5.82 Å². The lowest BCUT2D eigenvalue weighted by molar-refractivity contribution is -0.137. The van der Waals surface area contributed by atoms with Crippen LogP contribution in [0.25, 0.3) is 0 Å². The van der Waals surface area contributed by atoms with Gasteiger partial charge in [0, 0.05) is 18.9 Å². The van der Waals surface area contributed by atoms with E-state index in [1.165, 1.54) is 0 Å². The Morgan fingerprint density at radius 1 is 1.62 bits per heavy atom. The van der Waals surface area contributed by atoms with Gasteiger partial charge in [-0.1, -0.05) is 13.8 Å². The van der Waals surface area contributed by atoms with Crippen LogP contribution in [0, 0.1) is 5.41 Å². The predicted molar refractivity (Wildman–Crippen MR) is 55.8 cm³/mol. The molecular weight excluding hydrogens is 208 g/mol. The average Bonchev–Trinajstić information content (AvgIpc) is 2.60. The fourth-order valence-electron chi connectivity index (χ4n) is 1.91. The summed E-state index contributed by atoms with van der Waals surface area (Å²) in [7, 11) is 0. The Balaban J connectivity index is 1.95. The minimum atomic E-state index is -0.777. The zero-order valence-corrected chi connectivity index (χ0v) is 9.55. The molecule has 1 aromatic rings. The number of hydrogen-bond acceptors (Lipinski definition) is 4. The third kappa shape index (κ3) is 2.20. The second-order valence-electron chi connectivity index (χ2n) is 5.00. The number of nitrogens with zero attached hydrogens (tertiary/aromatic N) is 4. The van der Waals surface area contributed by atoms with Gasteiger partial charge in [-0.3, -0.25) is 4.79 Å². The highest BCUT2D eigenvalue weighted by atomic mass is 16.4. The molecule has 0 saturated heterocycles. The van der Waals surface area contributed by atoms with Gasteiger partial charge >= 0.3 is 5.97 Å². The van der Waals surface area contributed by atoms with E-state index in [-0.39, 0.29) is 6.42 Å². The van der Waals surface area contributed by atoms with Gasteiger partial charge in [-0.2, -0.15) is 0 Å². The topological polar surface area (TPSA) is 80.9 Å². The van der Waals surface area contributed by atoms with E-state index in [0.29, 0.717) is 24.3 Å². The number of carboxylic acid groups (broad SMARTS) is 1. The Bertz CT molecular complexity index is 399. The van der Waals surface area contributed by atoms with E-state index in [4.69, 9.17) is 5.11 Å². The second kappa shape index (κ2) is 3.84. The zero-order chi connectivity index (χ0) is 11.8. The summed E-state index contributed by atoms with van der Waals surface area (Å²) in [6.45, 7) is 4.96. The summed E-state index contributed by atoms with van der Waals surface area (Å²) in [5.74, 6) is 0.545. The molecule has 16 heavy (non-hydrogen) atoms. The summed E-state index contributed by atoms with van der Waals surface area (Å²) in [6.07, 6.45) is 1.83. The number of aryl methyl sites for hydroxylation is 1. The largest absolute Gasteiger partial charge is 0.481 e. The van der Waals surface area contributed by atoms with Gasteiger partial charge in [-0.15, -0.1) is 5.10 Å². The van der Waals surface area contributed by atoms with Crippen LogP contribution in [0.3, 0.4) is 0 Å². The summed E-state index contributed by atoms with van der Waals surface area (Å²) in [6, 6.07) is 0. The Labute approximate surface area is 93.6 Å². The van der Waals surface area contributed by atoms with Crippen LogP contribution in [0.1, 0.15) is 44.9 Å². The molecule has 0 aromatic carbocycles. The number of tetrazole rings is 1. The lowest BCUT2D eigenvalue weighted by atomic mass is 10.1. The van der Waals surface area contributed by atoms with Crippen molar-refractivity contribution in [3.8, 4) is 0 Å². The lowest BCUT2D eigenvalue weighted by Crippen LogP contribution is -2.08. The summed E-state index contributed by atoms with van der Waals surface area (Å²) in [4.78, 5) is 10.4. The van der Waals surface area contributed by atoms with E-state index in [2.05, 4.69) is 29.4 Å². The first-order chi connectivity index (χ1) is 7.50. The van der Waals surface area contributed by atoms with Crippen molar-refractivity contribution in [3.05, 3.63) is 5.82 Å². The van der Waals surface area contributed by atoms with Crippen LogP contribution < -0.4 is 0 Å². The minimum Gasteiger partial charge on any atom is -0.481 e. The molecule has 1 aliphatic carbocycles. The van der Waals surface area contributed by atoms with Gasteiger partial charge in [-0.25, -0.2) is 4.68 Å². The van der Waals surface area contributed by atoms with Crippen molar-refractivity contribution < 1.29 is 9.90 Å². The molecule has 6 heteroatoms. The molecule has 0 spiro atoms. The fourth-order valence-corrected chi connectivity index (χ4v) is 1.91. The van der Waals surface area contributed by atoms with Crippen LogP contribution in [-0.2, 0) is 11.3 Å². The van der Waals surface area contributed by atoms with Gasteiger partial charge in [-0.05, 0) is 28.7 Å². The predicted octanol–water partition coefficient (Wildman–Crippen LogP) is 1.05. The fraction of sp³-hybridized carbons (Fsp3) is 0.800. The molecule has 1 fully saturated rings. The van der Waals surface area contributed by atoms with E-state index in [0.717, 1.165) is 12.2 Å². The molecule has 2 rings (SSSR count). The molecule has 1 atom stereocenters. The van der Waals surface area contributed by atoms with Crippen LogP contribution in [0.4, 0.5) is 0 Å². The van der Waals surface area contributed by atoms with Crippen LogP contribution in [0.2, 0.25) is 0 Å². The van der Waals surface area contributed by atoms with Crippen molar-refractivity contribution in [2.45, 2.75) is 45.6 Å². The summed E-state index contributed by atoms with van der Waals surface area (Å²) < 4.78 is 1.74. The SMILES string of the molecule is CC1(C)CC1c1nnnn1CCCC(=O)O. The van der Waals surface area contributed by atoms with Crippen molar-refractivity contribution >= 4 is 5.97 Å². The van der Waals surface area contributed by atoms with E-state index in [1.807, 2.05) is 0 Å². The average molecular weight is 224 g/mol. The molecule has 0 amide bonds. The van der Waals surface area contributed by atoms with Gasteiger partial charge in [0.1, 0.15) is 0 Å². The molecule has 1 unspecified atom stereocenters. The summed E-state index contributed by atoms with van der Waals surface area (Å²) in [5, 5.41) is 20.1. The van der Waals surface area contributed by atoms with Crippen molar-refractivity contribution in [2.24, 2.45) is 5.41 Å². The number of aliphatic carboxylic acids is 1. The van der Waals surface area contributed by atoms with Crippen molar-refractivity contribution in [3.63, 3.8) is 0 Å². The van der Waals surface area contributed by atoms with Crippen molar-refractivity contribution in [1.29, 1.82) is 0 Å². The molecule has 0 aliphatic heterocycles. The van der Waals surface area contributed by atoms with Crippen molar-refractivity contribution in [2.75, 3.05) is 0 Å². The Morgan fingerprint density at radius 3 is 2.88 bits per heavy atom. The summed E-state index contributed by atoms with van der Waals surface area (Å²) >= 11 is 0. The van der Waals surface area contributed by atoms with Crippen LogP contribution >= 0.6 is 0 Å². The maximum absolute atomic E-state index is 10.4. The molecule has 1 aromatic heterocycles. The van der Waals surface area contributed by atoms with E-state index in [1.54, 1.807) is 4.68 Å². The molecule has 1 heterocycles. The number of rotatable bonds is 5. The highest BCUT2D eigenvalue weighted by Gasteiger charge is 2.49. The van der Waals surface area contributed by atoms with E-state index < -0.39 is 5.97 Å². The molecule has 6 nitrogen and oxygen atoms in total. The van der Waals surface area contributed by atoms with E-state index in [9.17, 15) is 4.79 Å². The Kier molecular flexibility index (Phi) is 2.65. The molecule has 1 saturated carbocycles. The lowest BCUT2D eigenvalue weighted by Gasteiger charge is -2.04. The smallest absolute Gasteiger partial charge is 0.303 e. The molecule has 0 bridgehead atoms. The van der Waals surface area contributed by atoms with Crippen molar-refractivity contribution in [1.82, 2.24) is 20.2 Å². The third-order valence-electron chi connectivity index (χ3n) is 3.15. The Hall–Kier alpha value is -1.46. The zero-order valence-electron chi connectivity index (χ0n) is 9.55. The number of aromatic nitrogens is 4. The normalized spacial score (nSPS) is 22.0. The van der Waals surface area contributed by atoms with Crippen LogP contribution in [0.5, 0.6) is 0 Å². The molecule has 1 N–H and O–H groups in total. The molecule has 0 radical (unpaired) electrons. The van der Waals surface area contributed by atoms with Gasteiger partial charge in [0.2, 0.25) is 0 Å². The summed E-state index contributed by atoms with van der Waals surface area (Å²) in [5.41, 5.74) is 0.291. The highest BCUT2D eigenvalue weighted by molar-refractivity contribution is 5.66. The maximum atomic E-state index is 10.4. The first kappa shape index (κ1) is 11.0. The van der Waals surface area contributed by atoms with Gasteiger partial charge < -0.3 is 5.11 Å². The second-order valence-corrected chi connectivity index (χ2v) is 5.00. The standard InChI is InChI=1S/C10H16N4O2/c1-10(2)6-7(10)9-11-12-13-14(9)5-3-4-8(15)16/h7H,3-6H2,1-2H3,(H,15,16). The Morgan fingerprint density at radius 2 is 2.31 bits per heavy atom.